The van der Waals surface area contributed by atoms with Crippen molar-refractivity contribution in [1.29, 1.82) is 0 Å². The average Bonchev–Trinajstić information content (AvgIpc) is 2.38. The normalized spacial score (nSPS) is 22.7. The van der Waals surface area contributed by atoms with Gasteiger partial charge >= 0.3 is 0 Å². The SMILES string of the molecule is CNC1c2ccccc2OCC1OCCC(C)C. The lowest BCUT2D eigenvalue weighted by molar-refractivity contribution is -0.0176. The fourth-order valence-electron chi connectivity index (χ4n) is 2.28. The molecule has 0 aromatic heterocycles. The smallest absolute Gasteiger partial charge is 0.124 e. The van der Waals surface area contributed by atoms with Gasteiger partial charge in [0.2, 0.25) is 0 Å². The molecule has 0 saturated carbocycles. The van der Waals surface area contributed by atoms with Crippen LogP contribution in [0.4, 0.5) is 0 Å². The molecule has 0 aliphatic carbocycles. The lowest BCUT2D eigenvalue weighted by Crippen LogP contribution is -2.40. The monoisotopic (exact) mass is 249 g/mol. The van der Waals surface area contributed by atoms with Crippen molar-refractivity contribution in [3.05, 3.63) is 29.8 Å². The van der Waals surface area contributed by atoms with Crippen LogP contribution in [0.25, 0.3) is 0 Å². The predicted molar refractivity (Wildman–Crippen MR) is 72.9 cm³/mol. The van der Waals surface area contributed by atoms with Crippen LogP contribution in [0.1, 0.15) is 31.9 Å². The molecule has 2 rings (SSSR count). The molecular formula is C15H23NO2. The Bertz CT molecular complexity index is 379. The minimum atomic E-state index is 0.101. The van der Waals surface area contributed by atoms with Crippen molar-refractivity contribution in [3.63, 3.8) is 0 Å². The van der Waals surface area contributed by atoms with E-state index < -0.39 is 0 Å². The molecule has 3 nitrogen and oxygen atoms in total. The number of rotatable bonds is 5. The van der Waals surface area contributed by atoms with Crippen molar-refractivity contribution < 1.29 is 9.47 Å². The highest BCUT2D eigenvalue weighted by Crippen LogP contribution is 2.32. The summed E-state index contributed by atoms with van der Waals surface area (Å²) in [5, 5.41) is 3.34. The van der Waals surface area contributed by atoms with Gasteiger partial charge in [-0.3, -0.25) is 0 Å². The third kappa shape index (κ3) is 3.03. The number of likely N-dealkylation sites (N-methyl/N-ethyl adjacent to an activating group) is 1. The number of para-hydroxylation sites is 1. The molecule has 0 saturated heterocycles. The Morgan fingerprint density at radius 2 is 2.17 bits per heavy atom. The van der Waals surface area contributed by atoms with E-state index >= 15 is 0 Å². The first-order chi connectivity index (χ1) is 8.72. The fourth-order valence-corrected chi connectivity index (χ4v) is 2.28. The minimum Gasteiger partial charge on any atom is -0.490 e. The van der Waals surface area contributed by atoms with Gasteiger partial charge < -0.3 is 14.8 Å². The quantitative estimate of drug-likeness (QED) is 0.870. The molecule has 18 heavy (non-hydrogen) atoms. The second-order valence-corrected chi connectivity index (χ2v) is 5.21. The van der Waals surface area contributed by atoms with Gasteiger partial charge in [-0.2, -0.15) is 0 Å². The molecule has 0 fully saturated rings. The zero-order valence-electron chi connectivity index (χ0n) is 11.5. The van der Waals surface area contributed by atoms with Gasteiger partial charge in [0, 0.05) is 12.2 Å². The molecule has 2 unspecified atom stereocenters. The molecule has 1 aliphatic rings. The van der Waals surface area contributed by atoms with Gasteiger partial charge in [-0.25, -0.2) is 0 Å². The van der Waals surface area contributed by atoms with Crippen LogP contribution >= 0.6 is 0 Å². The van der Waals surface area contributed by atoms with Crippen molar-refractivity contribution in [2.45, 2.75) is 32.4 Å². The highest BCUT2D eigenvalue weighted by Gasteiger charge is 2.30. The Kier molecular flexibility index (Phi) is 4.61. The first kappa shape index (κ1) is 13.4. The van der Waals surface area contributed by atoms with Gasteiger partial charge in [0.05, 0.1) is 6.04 Å². The zero-order chi connectivity index (χ0) is 13.0. The minimum absolute atomic E-state index is 0.101. The van der Waals surface area contributed by atoms with E-state index in [1.54, 1.807) is 0 Å². The highest BCUT2D eigenvalue weighted by atomic mass is 16.5. The maximum absolute atomic E-state index is 5.97. The molecule has 0 amide bonds. The van der Waals surface area contributed by atoms with Crippen molar-refractivity contribution in [2.24, 2.45) is 5.92 Å². The molecule has 100 valence electrons. The largest absolute Gasteiger partial charge is 0.490 e. The summed E-state index contributed by atoms with van der Waals surface area (Å²) in [6.07, 6.45) is 1.19. The number of ether oxygens (including phenoxy) is 2. The number of nitrogens with one attached hydrogen (secondary N) is 1. The van der Waals surface area contributed by atoms with Crippen LogP contribution in [0, 0.1) is 5.92 Å². The van der Waals surface area contributed by atoms with E-state index in [2.05, 4.69) is 25.2 Å². The van der Waals surface area contributed by atoms with Crippen LogP contribution in [-0.2, 0) is 4.74 Å². The van der Waals surface area contributed by atoms with E-state index in [0.717, 1.165) is 18.8 Å². The lowest BCUT2D eigenvalue weighted by Gasteiger charge is -2.33. The summed E-state index contributed by atoms with van der Waals surface area (Å²) in [5.74, 6) is 1.65. The predicted octanol–water partition coefficient (Wildman–Crippen LogP) is 2.77. The zero-order valence-corrected chi connectivity index (χ0v) is 11.5. The Labute approximate surface area is 109 Å². The van der Waals surface area contributed by atoms with Gasteiger partial charge in [0.15, 0.2) is 0 Å². The van der Waals surface area contributed by atoms with Crippen molar-refractivity contribution in [2.75, 3.05) is 20.3 Å². The van der Waals surface area contributed by atoms with E-state index in [4.69, 9.17) is 9.47 Å². The lowest BCUT2D eigenvalue weighted by atomic mass is 9.98. The standard InChI is InChI=1S/C15H23NO2/c1-11(2)8-9-17-14-10-18-13-7-5-4-6-12(13)15(14)16-3/h4-7,11,14-16H,8-10H2,1-3H3. The van der Waals surface area contributed by atoms with E-state index in [9.17, 15) is 0 Å². The van der Waals surface area contributed by atoms with E-state index in [0.29, 0.717) is 12.5 Å². The van der Waals surface area contributed by atoms with Crippen molar-refractivity contribution in [3.8, 4) is 5.75 Å². The maximum atomic E-state index is 5.97. The molecule has 2 atom stereocenters. The van der Waals surface area contributed by atoms with Crippen LogP contribution in [0.2, 0.25) is 0 Å². The molecule has 0 radical (unpaired) electrons. The molecule has 0 spiro atoms. The van der Waals surface area contributed by atoms with E-state index in [1.807, 2.05) is 25.2 Å². The topological polar surface area (TPSA) is 30.5 Å². The second-order valence-electron chi connectivity index (χ2n) is 5.21. The number of fused-ring (bicyclic) bond motifs is 1. The van der Waals surface area contributed by atoms with Crippen LogP contribution in [-0.4, -0.2) is 26.4 Å². The number of hydrogen-bond donors (Lipinski definition) is 1. The summed E-state index contributed by atoms with van der Waals surface area (Å²) < 4.78 is 11.7. The fraction of sp³-hybridized carbons (Fsp3) is 0.600. The first-order valence-electron chi connectivity index (χ1n) is 6.73. The third-order valence-corrected chi connectivity index (χ3v) is 3.37. The summed E-state index contributed by atoms with van der Waals surface area (Å²) in [6, 6.07) is 8.40. The molecule has 3 heteroatoms. The third-order valence-electron chi connectivity index (χ3n) is 3.37. The summed E-state index contributed by atoms with van der Waals surface area (Å²) in [7, 11) is 1.98. The van der Waals surface area contributed by atoms with Gasteiger partial charge in [0.1, 0.15) is 18.5 Å². The average molecular weight is 249 g/mol. The second kappa shape index (κ2) is 6.21. The highest BCUT2D eigenvalue weighted by molar-refractivity contribution is 5.38. The molecule has 1 heterocycles. The Balaban J connectivity index is 2.01. The summed E-state index contributed by atoms with van der Waals surface area (Å²) >= 11 is 0. The molecule has 1 aliphatic heterocycles. The molecule has 1 aromatic carbocycles. The Morgan fingerprint density at radius 1 is 1.39 bits per heavy atom. The molecule has 0 bridgehead atoms. The Hall–Kier alpha value is -1.06. The van der Waals surface area contributed by atoms with Gasteiger partial charge in [-0.15, -0.1) is 0 Å². The van der Waals surface area contributed by atoms with Crippen LogP contribution < -0.4 is 10.1 Å². The summed E-state index contributed by atoms with van der Waals surface area (Å²) in [6.45, 7) is 5.85. The molecular weight excluding hydrogens is 226 g/mol. The number of benzene rings is 1. The van der Waals surface area contributed by atoms with Crippen LogP contribution in [0.15, 0.2) is 24.3 Å². The van der Waals surface area contributed by atoms with E-state index in [-0.39, 0.29) is 12.1 Å². The first-order valence-corrected chi connectivity index (χ1v) is 6.73. The van der Waals surface area contributed by atoms with Gasteiger partial charge in [0.25, 0.3) is 0 Å². The maximum Gasteiger partial charge on any atom is 0.124 e. The Morgan fingerprint density at radius 3 is 2.89 bits per heavy atom. The van der Waals surface area contributed by atoms with Crippen molar-refractivity contribution >= 4 is 0 Å². The van der Waals surface area contributed by atoms with E-state index in [1.165, 1.54) is 5.56 Å². The van der Waals surface area contributed by atoms with Gasteiger partial charge in [-0.05, 0) is 25.5 Å². The van der Waals surface area contributed by atoms with Crippen LogP contribution in [0.5, 0.6) is 5.75 Å². The molecule has 1 N–H and O–H groups in total. The number of hydrogen-bond acceptors (Lipinski definition) is 3. The van der Waals surface area contributed by atoms with Crippen LogP contribution in [0.3, 0.4) is 0 Å². The summed E-state index contributed by atoms with van der Waals surface area (Å²) in [5.41, 5.74) is 1.20. The van der Waals surface area contributed by atoms with Gasteiger partial charge in [-0.1, -0.05) is 32.0 Å². The van der Waals surface area contributed by atoms with Crippen molar-refractivity contribution in [1.82, 2.24) is 5.32 Å². The summed E-state index contributed by atoms with van der Waals surface area (Å²) in [4.78, 5) is 0. The molecule has 1 aromatic rings.